The van der Waals surface area contributed by atoms with Gasteiger partial charge < -0.3 is 10.2 Å². The van der Waals surface area contributed by atoms with Crippen LogP contribution in [-0.2, 0) is 4.79 Å². The van der Waals surface area contributed by atoms with Gasteiger partial charge in [0.25, 0.3) is 0 Å². The van der Waals surface area contributed by atoms with Gasteiger partial charge in [-0.15, -0.1) is 0 Å². The van der Waals surface area contributed by atoms with Gasteiger partial charge in [-0.05, 0) is 31.9 Å². The number of nitrogens with one attached hydrogen (secondary N) is 2. The summed E-state index contributed by atoms with van der Waals surface area (Å²) in [5.41, 5.74) is 2.68. The molecule has 0 bridgehead atoms. The molecule has 1 aliphatic rings. The fourth-order valence-electron chi connectivity index (χ4n) is 3.15. The highest BCUT2D eigenvalue weighted by Crippen LogP contribution is 2.10. The molecule has 1 aliphatic heterocycles. The van der Waals surface area contributed by atoms with Crippen LogP contribution in [0.3, 0.4) is 0 Å². The third kappa shape index (κ3) is 5.30. The lowest BCUT2D eigenvalue weighted by Gasteiger charge is -2.29. The minimum absolute atomic E-state index is 0.213. The molecule has 1 amide bonds. The van der Waals surface area contributed by atoms with Crippen molar-refractivity contribution in [3.63, 3.8) is 0 Å². The number of likely N-dealkylation sites (tertiary alicyclic amines) is 1. The summed E-state index contributed by atoms with van der Waals surface area (Å²) >= 11 is 0. The van der Waals surface area contributed by atoms with E-state index in [1.165, 1.54) is 11.1 Å². The summed E-state index contributed by atoms with van der Waals surface area (Å²) in [6, 6.07) is 10.7. The zero-order valence-corrected chi connectivity index (χ0v) is 14.1. The maximum atomic E-state index is 12.0. The lowest BCUT2D eigenvalue weighted by molar-refractivity contribution is -0.900. The number of amides is 1. The van der Waals surface area contributed by atoms with E-state index in [1.54, 1.807) is 4.90 Å². The molecule has 0 spiro atoms. The summed E-state index contributed by atoms with van der Waals surface area (Å²) in [5, 5.41) is 3.04. The standard InChI is InChI=1S/C19H28N2O/c1-15(2)20-19(22)18-9-11-21(12-10-18)14-16(3)13-17-7-5-4-6-8-17/h4-8,13,15,18H,9-12,14H2,1-3H3,(H,20,22)/p+1/b16-13+. The summed E-state index contributed by atoms with van der Waals surface area (Å²) in [6.45, 7) is 9.52. The smallest absolute Gasteiger partial charge is 0.223 e. The van der Waals surface area contributed by atoms with E-state index in [0.29, 0.717) is 0 Å². The first kappa shape index (κ1) is 16.8. The first-order chi connectivity index (χ1) is 10.5. The summed E-state index contributed by atoms with van der Waals surface area (Å²) in [4.78, 5) is 13.6. The lowest BCUT2D eigenvalue weighted by Crippen LogP contribution is -3.13. The van der Waals surface area contributed by atoms with Crippen LogP contribution >= 0.6 is 0 Å². The molecule has 1 saturated heterocycles. The topological polar surface area (TPSA) is 33.5 Å². The van der Waals surface area contributed by atoms with E-state index >= 15 is 0 Å². The highest BCUT2D eigenvalue weighted by atomic mass is 16.1. The van der Waals surface area contributed by atoms with Gasteiger partial charge in [0.2, 0.25) is 5.91 Å². The molecule has 0 unspecified atom stereocenters. The van der Waals surface area contributed by atoms with Gasteiger partial charge >= 0.3 is 0 Å². The Morgan fingerprint density at radius 2 is 1.91 bits per heavy atom. The zero-order valence-electron chi connectivity index (χ0n) is 14.1. The molecular formula is C19H29N2O+. The molecule has 1 fully saturated rings. The molecule has 3 nitrogen and oxygen atoms in total. The van der Waals surface area contributed by atoms with Crippen LogP contribution in [0, 0.1) is 5.92 Å². The lowest BCUT2D eigenvalue weighted by atomic mass is 9.95. The summed E-state index contributed by atoms with van der Waals surface area (Å²) in [5.74, 6) is 0.454. The molecule has 2 N–H and O–H groups in total. The number of benzene rings is 1. The van der Waals surface area contributed by atoms with Crippen molar-refractivity contribution in [2.24, 2.45) is 5.92 Å². The Morgan fingerprint density at radius 1 is 1.27 bits per heavy atom. The first-order valence-electron chi connectivity index (χ1n) is 8.40. The van der Waals surface area contributed by atoms with Crippen molar-refractivity contribution in [2.45, 2.75) is 39.7 Å². The molecule has 0 saturated carbocycles. The van der Waals surface area contributed by atoms with Crippen LogP contribution in [0.5, 0.6) is 0 Å². The van der Waals surface area contributed by atoms with Crippen LogP contribution in [0.2, 0.25) is 0 Å². The number of hydrogen-bond donors (Lipinski definition) is 2. The Morgan fingerprint density at radius 3 is 2.50 bits per heavy atom. The highest BCUT2D eigenvalue weighted by molar-refractivity contribution is 5.78. The number of piperidine rings is 1. The molecule has 1 aromatic carbocycles. The fourth-order valence-corrected chi connectivity index (χ4v) is 3.15. The maximum absolute atomic E-state index is 12.0. The van der Waals surface area contributed by atoms with Gasteiger partial charge in [-0.25, -0.2) is 0 Å². The van der Waals surface area contributed by atoms with E-state index in [-0.39, 0.29) is 17.9 Å². The SMILES string of the molecule is C/C(=C\c1ccccc1)C[NH+]1CCC(C(=O)NC(C)C)CC1. The van der Waals surface area contributed by atoms with Crippen LogP contribution < -0.4 is 10.2 Å². The number of carbonyl (C=O) groups excluding carboxylic acids is 1. The number of carbonyl (C=O) groups is 1. The largest absolute Gasteiger partial charge is 0.354 e. The van der Waals surface area contributed by atoms with Crippen LogP contribution in [0.4, 0.5) is 0 Å². The van der Waals surface area contributed by atoms with Gasteiger partial charge in [-0.1, -0.05) is 36.4 Å². The molecule has 1 aromatic rings. The van der Waals surface area contributed by atoms with E-state index in [4.69, 9.17) is 0 Å². The molecule has 0 atom stereocenters. The van der Waals surface area contributed by atoms with Gasteiger partial charge in [0.15, 0.2) is 0 Å². The normalized spacial score (nSPS) is 22.6. The first-order valence-corrected chi connectivity index (χ1v) is 8.40. The highest BCUT2D eigenvalue weighted by Gasteiger charge is 2.27. The number of rotatable bonds is 5. The number of hydrogen-bond acceptors (Lipinski definition) is 1. The van der Waals surface area contributed by atoms with Crippen molar-refractivity contribution in [3.05, 3.63) is 41.5 Å². The molecule has 0 aliphatic carbocycles. The van der Waals surface area contributed by atoms with Crippen molar-refractivity contribution in [2.75, 3.05) is 19.6 Å². The Balaban J connectivity index is 1.80. The minimum atomic E-state index is 0.213. The minimum Gasteiger partial charge on any atom is -0.354 e. The van der Waals surface area contributed by atoms with Crippen molar-refractivity contribution in [1.82, 2.24) is 5.32 Å². The van der Waals surface area contributed by atoms with Crippen molar-refractivity contribution >= 4 is 12.0 Å². The van der Waals surface area contributed by atoms with Crippen molar-refractivity contribution in [1.29, 1.82) is 0 Å². The van der Waals surface area contributed by atoms with Crippen LogP contribution in [0.1, 0.15) is 39.2 Å². The average molecular weight is 301 g/mol. The Labute approximate surface area is 134 Å². The molecule has 0 aromatic heterocycles. The van der Waals surface area contributed by atoms with Crippen LogP contribution in [0.25, 0.3) is 6.08 Å². The molecular weight excluding hydrogens is 272 g/mol. The average Bonchev–Trinajstić information content (AvgIpc) is 2.48. The Kier molecular flexibility index (Phi) is 6.20. The van der Waals surface area contributed by atoms with E-state index in [0.717, 1.165) is 32.5 Å². The van der Waals surface area contributed by atoms with Gasteiger partial charge in [-0.3, -0.25) is 4.79 Å². The summed E-state index contributed by atoms with van der Waals surface area (Å²) in [6.07, 6.45) is 4.28. The summed E-state index contributed by atoms with van der Waals surface area (Å²) < 4.78 is 0. The molecule has 3 heteroatoms. The van der Waals surface area contributed by atoms with Gasteiger partial charge in [0.1, 0.15) is 0 Å². The monoisotopic (exact) mass is 301 g/mol. The van der Waals surface area contributed by atoms with Crippen molar-refractivity contribution in [3.8, 4) is 0 Å². The van der Waals surface area contributed by atoms with Crippen LogP contribution in [0.15, 0.2) is 35.9 Å². The molecule has 0 radical (unpaired) electrons. The van der Waals surface area contributed by atoms with E-state index in [9.17, 15) is 4.79 Å². The second kappa shape index (κ2) is 8.14. The molecule has 22 heavy (non-hydrogen) atoms. The van der Waals surface area contributed by atoms with E-state index < -0.39 is 0 Å². The molecule has 2 rings (SSSR count). The third-order valence-electron chi connectivity index (χ3n) is 4.24. The number of quaternary nitrogens is 1. The molecule has 1 heterocycles. The predicted molar refractivity (Wildman–Crippen MR) is 91.7 cm³/mol. The molecule has 120 valence electrons. The third-order valence-corrected chi connectivity index (χ3v) is 4.24. The summed E-state index contributed by atoms with van der Waals surface area (Å²) in [7, 11) is 0. The van der Waals surface area contributed by atoms with E-state index in [2.05, 4.69) is 42.6 Å². The Hall–Kier alpha value is -1.61. The quantitative estimate of drug-likeness (QED) is 0.856. The van der Waals surface area contributed by atoms with Crippen LogP contribution in [-0.4, -0.2) is 31.6 Å². The van der Waals surface area contributed by atoms with E-state index in [1.807, 2.05) is 19.9 Å². The predicted octanol–water partition coefficient (Wildman–Crippen LogP) is 1.91. The van der Waals surface area contributed by atoms with Gasteiger partial charge in [0, 0.05) is 24.8 Å². The van der Waals surface area contributed by atoms with Crippen molar-refractivity contribution < 1.29 is 9.69 Å². The Bertz CT molecular complexity index is 499. The van der Waals surface area contributed by atoms with Gasteiger partial charge in [0.05, 0.1) is 19.6 Å². The zero-order chi connectivity index (χ0) is 15.9. The fraction of sp³-hybridized carbons (Fsp3) is 0.526. The van der Waals surface area contributed by atoms with Gasteiger partial charge in [-0.2, -0.15) is 0 Å². The second-order valence-corrected chi connectivity index (χ2v) is 6.77. The maximum Gasteiger partial charge on any atom is 0.223 e. The second-order valence-electron chi connectivity index (χ2n) is 6.77.